The first-order chi connectivity index (χ1) is 10.6. The molecule has 2 heterocycles. The van der Waals surface area contributed by atoms with Crippen LogP contribution in [0.5, 0.6) is 0 Å². The van der Waals surface area contributed by atoms with Gasteiger partial charge in [-0.1, -0.05) is 6.92 Å². The summed E-state index contributed by atoms with van der Waals surface area (Å²) in [6.45, 7) is 6.85. The molecule has 0 unspecified atom stereocenters. The SMILES string of the molecule is CCN(OC)C1CCN(C2CC3(CCN(C(=O)O)C3)C2)CC1. The molecule has 0 aromatic heterocycles. The zero-order valence-corrected chi connectivity index (χ0v) is 13.8. The third-order valence-electron chi connectivity index (χ3n) is 6.02. The molecule has 2 saturated heterocycles. The van der Waals surface area contributed by atoms with E-state index in [1.54, 1.807) is 12.0 Å². The number of likely N-dealkylation sites (tertiary alicyclic amines) is 2. The smallest absolute Gasteiger partial charge is 0.407 e. The van der Waals surface area contributed by atoms with Crippen molar-refractivity contribution in [3.8, 4) is 0 Å². The molecule has 1 aliphatic carbocycles. The predicted octanol–water partition coefficient (Wildman–Crippen LogP) is 1.87. The molecule has 3 fully saturated rings. The first-order valence-corrected chi connectivity index (χ1v) is 8.59. The third-order valence-corrected chi connectivity index (χ3v) is 6.02. The lowest BCUT2D eigenvalue weighted by Gasteiger charge is -2.52. The van der Waals surface area contributed by atoms with E-state index in [0.717, 1.165) is 39.1 Å². The topological polar surface area (TPSA) is 56.2 Å². The van der Waals surface area contributed by atoms with Crippen molar-refractivity contribution in [2.24, 2.45) is 5.41 Å². The van der Waals surface area contributed by atoms with E-state index in [9.17, 15) is 4.79 Å². The Bertz CT molecular complexity index is 399. The summed E-state index contributed by atoms with van der Waals surface area (Å²) in [5.74, 6) is 0. The number of carbonyl (C=O) groups is 1. The Kier molecular flexibility index (Phi) is 4.61. The average Bonchev–Trinajstić information content (AvgIpc) is 2.94. The van der Waals surface area contributed by atoms with Crippen LogP contribution in [0.25, 0.3) is 0 Å². The summed E-state index contributed by atoms with van der Waals surface area (Å²) in [6.07, 6.45) is 5.02. The van der Waals surface area contributed by atoms with Gasteiger partial charge in [0.15, 0.2) is 0 Å². The summed E-state index contributed by atoms with van der Waals surface area (Å²) in [7, 11) is 1.76. The van der Waals surface area contributed by atoms with Gasteiger partial charge in [0.2, 0.25) is 0 Å². The zero-order valence-electron chi connectivity index (χ0n) is 13.8. The van der Waals surface area contributed by atoms with Crippen molar-refractivity contribution in [3.63, 3.8) is 0 Å². The van der Waals surface area contributed by atoms with Gasteiger partial charge < -0.3 is 19.7 Å². The van der Waals surface area contributed by atoms with E-state index in [1.807, 2.05) is 0 Å². The minimum Gasteiger partial charge on any atom is -0.465 e. The van der Waals surface area contributed by atoms with Crippen LogP contribution >= 0.6 is 0 Å². The molecule has 0 radical (unpaired) electrons. The summed E-state index contributed by atoms with van der Waals surface area (Å²) in [6, 6.07) is 1.22. The molecule has 0 atom stereocenters. The van der Waals surface area contributed by atoms with E-state index >= 15 is 0 Å². The van der Waals surface area contributed by atoms with Gasteiger partial charge in [-0.15, -0.1) is 0 Å². The Labute approximate surface area is 132 Å². The molecule has 6 nitrogen and oxygen atoms in total. The van der Waals surface area contributed by atoms with E-state index < -0.39 is 6.09 Å². The molecule has 0 aromatic rings. The van der Waals surface area contributed by atoms with Crippen molar-refractivity contribution in [2.45, 2.75) is 51.1 Å². The molecule has 1 spiro atoms. The number of carboxylic acid groups (broad SMARTS) is 1. The van der Waals surface area contributed by atoms with Gasteiger partial charge in [0.1, 0.15) is 0 Å². The highest BCUT2D eigenvalue weighted by Crippen LogP contribution is 2.50. The number of rotatable bonds is 4. The summed E-state index contributed by atoms with van der Waals surface area (Å²) in [5, 5.41) is 11.2. The summed E-state index contributed by atoms with van der Waals surface area (Å²) in [5.41, 5.74) is 0.294. The van der Waals surface area contributed by atoms with Crippen LogP contribution in [0.3, 0.4) is 0 Å². The van der Waals surface area contributed by atoms with Gasteiger partial charge in [-0.25, -0.2) is 4.79 Å². The highest BCUT2D eigenvalue weighted by molar-refractivity contribution is 5.65. The molecule has 126 valence electrons. The van der Waals surface area contributed by atoms with Crippen molar-refractivity contribution in [2.75, 3.05) is 39.8 Å². The fraction of sp³-hybridized carbons (Fsp3) is 0.938. The van der Waals surface area contributed by atoms with Crippen molar-refractivity contribution in [1.82, 2.24) is 14.9 Å². The Morgan fingerprint density at radius 1 is 1.32 bits per heavy atom. The van der Waals surface area contributed by atoms with Gasteiger partial charge in [0.25, 0.3) is 0 Å². The van der Waals surface area contributed by atoms with Crippen LogP contribution in [0.15, 0.2) is 0 Å². The normalized spacial score (nSPS) is 33.6. The lowest BCUT2D eigenvalue weighted by atomic mass is 9.64. The van der Waals surface area contributed by atoms with Crippen LogP contribution in [0, 0.1) is 5.41 Å². The number of amides is 1. The van der Waals surface area contributed by atoms with Gasteiger partial charge in [0.05, 0.1) is 7.11 Å². The maximum absolute atomic E-state index is 11.1. The molecule has 0 bridgehead atoms. The zero-order chi connectivity index (χ0) is 15.7. The fourth-order valence-electron chi connectivity index (χ4n) is 4.71. The van der Waals surface area contributed by atoms with Crippen LogP contribution in [0.2, 0.25) is 0 Å². The molecule has 3 aliphatic rings. The van der Waals surface area contributed by atoms with Crippen molar-refractivity contribution < 1.29 is 14.7 Å². The van der Waals surface area contributed by atoms with Crippen molar-refractivity contribution in [1.29, 1.82) is 0 Å². The fourth-order valence-corrected chi connectivity index (χ4v) is 4.71. The Morgan fingerprint density at radius 2 is 2.00 bits per heavy atom. The average molecular weight is 311 g/mol. The number of piperidine rings is 1. The molecular weight excluding hydrogens is 282 g/mol. The number of hydroxylamine groups is 2. The molecule has 22 heavy (non-hydrogen) atoms. The molecule has 6 heteroatoms. The van der Waals surface area contributed by atoms with E-state index in [0.29, 0.717) is 17.5 Å². The molecule has 1 saturated carbocycles. The van der Waals surface area contributed by atoms with Crippen LogP contribution in [0.1, 0.15) is 39.0 Å². The van der Waals surface area contributed by atoms with Gasteiger partial charge in [-0.05, 0) is 37.5 Å². The highest BCUT2D eigenvalue weighted by atomic mass is 16.7. The summed E-state index contributed by atoms with van der Waals surface area (Å²) in [4.78, 5) is 20.7. The monoisotopic (exact) mass is 311 g/mol. The van der Waals surface area contributed by atoms with Gasteiger partial charge in [0, 0.05) is 44.8 Å². The first kappa shape index (κ1) is 16.0. The highest BCUT2D eigenvalue weighted by Gasteiger charge is 2.51. The van der Waals surface area contributed by atoms with E-state index in [-0.39, 0.29) is 0 Å². The van der Waals surface area contributed by atoms with Gasteiger partial charge >= 0.3 is 6.09 Å². The molecular formula is C16H29N3O3. The van der Waals surface area contributed by atoms with Gasteiger partial charge in [-0.3, -0.25) is 0 Å². The maximum Gasteiger partial charge on any atom is 0.407 e. The maximum atomic E-state index is 11.1. The van der Waals surface area contributed by atoms with Crippen LogP contribution in [-0.2, 0) is 4.84 Å². The third kappa shape index (κ3) is 2.96. The van der Waals surface area contributed by atoms with E-state index in [4.69, 9.17) is 9.94 Å². The molecule has 3 rings (SSSR count). The number of hydrogen-bond acceptors (Lipinski definition) is 4. The second-order valence-electron chi connectivity index (χ2n) is 7.20. The Morgan fingerprint density at radius 3 is 2.50 bits per heavy atom. The molecule has 2 aliphatic heterocycles. The Balaban J connectivity index is 1.44. The second-order valence-corrected chi connectivity index (χ2v) is 7.20. The van der Waals surface area contributed by atoms with Crippen molar-refractivity contribution >= 4 is 6.09 Å². The van der Waals surface area contributed by atoms with Crippen LogP contribution < -0.4 is 0 Å². The quantitative estimate of drug-likeness (QED) is 0.803. The number of nitrogens with zero attached hydrogens (tertiary/aromatic N) is 3. The lowest BCUT2D eigenvalue weighted by molar-refractivity contribution is -0.171. The molecule has 1 N–H and O–H groups in total. The summed E-state index contributed by atoms with van der Waals surface area (Å²) < 4.78 is 0. The Hall–Kier alpha value is -0.850. The number of hydrogen-bond donors (Lipinski definition) is 1. The minimum absolute atomic E-state index is 0.294. The first-order valence-electron chi connectivity index (χ1n) is 8.59. The summed E-state index contributed by atoms with van der Waals surface area (Å²) >= 11 is 0. The second kappa shape index (κ2) is 6.34. The standard InChI is InChI=1S/C16H29N3O3/c1-3-19(22-2)13-4-7-17(8-5-13)14-10-16(11-14)6-9-18(12-16)15(20)21/h13-14H,3-12H2,1-2H3,(H,20,21). The molecule has 1 amide bonds. The van der Waals surface area contributed by atoms with Crippen LogP contribution in [-0.4, -0.2) is 78.0 Å². The van der Waals surface area contributed by atoms with E-state index in [2.05, 4.69) is 16.9 Å². The molecule has 0 aromatic carbocycles. The lowest BCUT2D eigenvalue weighted by Crippen LogP contribution is -2.55. The largest absolute Gasteiger partial charge is 0.465 e. The van der Waals surface area contributed by atoms with Gasteiger partial charge in [-0.2, -0.15) is 5.06 Å². The minimum atomic E-state index is -0.750. The predicted molar refractivity (Wildman–Crippen MR) is 83.7 cm³/mol. The van der Waals surface area contributed by atoms with Crippen molar-refractivity contribution in [3.05, 3.63) is 0 Å². The van der Waals surface area contributed by atoms with E-state index in [1.165, 1.54) is 25.7 Å². The van der Waals surface area contributed by atoms with Crippen LogP contribution in [0.4, 0.5) is 4.79 Å².